The first-order valence-electron chi connectivity index (χ1n) is 5.64. The number of carboxylic acid groups (broad SMARTS) is 1. The van der Waals surface area contributed by atoms with E-state index in [1.807, 2.05) is 19.9 Å². The standard InChI is InChI=1S/C14H18O4/c1-8(2)5-6-10-11(18-4)7-9(3)12(13(10)15)14(16)17/h5,7,15H,6H2,1-4H3,(H,16,17). The molecule has 0 spiro atoms. The first-order valence-corrected chi connectivity index (χ1v) is 5.64. The van der Waals surface area contributed by atoms with Gasteiger partial charge in [0.2, 0.25) is 0 Å². The molecule has 0 amide bonds. The minimum absolute atomic E-state index is 0.0621. The molecule has 0 fully saturated rings. The molecule has 2 N–H and O–H groups in total. The van der Waals surface area contributed by atoms with Gasteiger partial charge in [-0.05, 0) is 38.8 Å². The summed E-state index contributed by atoms with van der Waals surface area (Å²) in [4.78, 5) is 11.1. The van der Waals surface area contributed by atoms with Crippen LogP contribution in [-0.2, 0) is 6.42 Å². The first kappa shape index (κ1) is 14.1. The zero-order valence-corrected chi connectivity index (χ0v) is 11.1. The Morgan fingerprint density at radius 2 is 2.06 bits per heavy atom. The van der Waals surface area contributed by atoms with Gasteiger partial charge in [-0.1, -0.05) is 11.6 Å². The van der Waals surface area contributed by atoms with Crippen LogP contribution in [0.25, 0.3) is 0 Å². The van der Waals surface area contributed by atoms with Crippen LogP contribution in [0.5, 0.6) is 11.5 Å². The lowest BCUT2D eigenvalue weighted by atomic mass is 9.99. The summed E-state index contributed by atoms with van der Waals surface area (Å²) in [7, 11) is 1.50. The van der Waals surface area contributed by atoms with E-state index in [0.717, 1.165) is 5.57 Å². The van der Waals surface area contributed by atoms with Crippen LogP contribution in [0.3, 0.4) is 0 Å². The van der Waals surface area contributed by atoms with Crippen molar-refractivity contribution in [2.75, 3.05) is 7.11 Å². The molecule has 0 unspecified atom stereocenters. The molecular formula is C14H18O4. The molecule has 0 atom stereocenters. The lowest BCUT2D eigenvalue weighted by molar-refractivity contribution is 0.0692. The Labute approximate surface area is 107 Å². The third-order valence-electron chi connectivity index (χ3n) is 2.71. The van der Waals surface area contributed by atoms with Gasteiger partial charge in [0.25, 0.3) is 0 Å². The van der Waals surface area contributed by atoms with E-state index in [0.29, 0.717) is 23.3 Å². The second kappa shape index (κ2) is 5.58. The van der Waals surface area contributed by atoms with Crippen LogP contribution in [0.15, 0.2) is 17.7 Å². The van der Waals surface area contributed by atoms with Crippen LogP contribution in [0.1, 0.15) is 35.3 Å². The van der Waals surface area contributed by atoms with Crippen molar-refractivity contribution in [3.63, 3.8) is 0 Å². The molecule has 0 bridgehead atoms. The van der Waals surface area contributed by atoms with Crippen molar-refractivity contribution in [3.8, 4) is 11.5 Å². The number of ether oxygens (including phenoxy) is 1. The normalized spacial score (nSPS) is 10.0. The fourth-order valence-corrected chi connectivity index (χ4v) is 1.77. The number of carbonyl (C=O) groups is 1. The van der Waals surface area contributed by atoms with Crippen molar-refractivity contribution in [2.45, 2.75) is 27.2 Å². The van der Waals surface area contributed by atoms with E-state index in [-0.39, 0.29) is 11.3 Å². The summed E-state index contributed by atoms with van der Waals surface area (Å²) >= 11 is 0. The van der Waals surface area contributed by atoms with E-state index < -0.39 is 5.97 Å². The Bertz CT molecular complexity index is 497. The minimum Gasteiger partial charge on any atom is -0.507 e. The molecule has 0 saturated heterocycles. The number of methoxy groups -OCH3 is 1. The SMILES string of the molecule is COc1cc(C)c(C(=O)O)c(O)c1CC=C(C)C. The van der Waals surface area contributed by atoms with Crippen LogP contribution >= 0.6 is 0 Å². The Morgan fingerprint density at radius 1 is 1.44 bits per heavy atom. The van der Waals surface area contributed by atoms with Crippen molar-refractivity contribution in [2.24, 2.45) is 0 Å². The fraction of sp³-hybridized carbons (Fsp3) is 0.357. The maximum atomic E-state index is 11.1. The molecule has 0 saturated carbocycles. The quantitative estimate of drug-likeness (QED) is 0.806. The van der Waals surface area contributed by atoms with Crippen molar-refractivity contribution in [1.82, 2.24) is 0 Å². The van der Waals surface area contributed by atoms with Gasteiger partial charge in [0.1, 0.15) is 17.1 Å². The highest BCUT2D eigenvalue weighted by Crippen LogP contribution is 2.34. The smallest absolute Gasteiger partial charge is 0.339 e. The molecule has 1 aromatic rings. The number of allylic oxidation sites excluding steroid dienone is 2. The monoisotopic (exact) mass is 250 g/mol. The molecule has 4 heteroatoms. The number of phenols is 1. The first-order chi connectivity index (χ1) is 8.38. The van der Waals surface area contributed by atoms with E-state index in [4.69, 9.17) is 9.84 Å². The van der Waals surface area contributed by atoms with E-state index >= 15 is 0 Å². The summed E-state index contributed by atoms with van der Waals surface area (Å²) in [5, 5.41) is 19.2. The van der Waals surface area contributed by atoms with Crippen molar-refractivity contribution >= 4 is 5.97 Å². The van der Waals surface area contributed by atoms with Gasteiger partial charge < -0.3 is 14.9 Å². The predicted octanol–water partition coefficient (Wildman–Crippen LogP) is 2.92. The second-order valence-electron chi connectivity index (χ2n) is 4.39. The molecule has 0 aliphatic heterocycles. The Hall–Kier alpha value is -1.97. The van der Waals surface area contributed by atoms with E-state index in [9.17, 15) is 9.90 Å². The van der Waals surface area contributed by atoms with Gasteiger partial charge in [-0.15, -0.1) is 0 Å². The summed E-state index contributed by atoms with van der Waals surface area (Å²) in [6.45, 7) is 5.52. The largest absolute Gasteiger partial charge is 0.507 e. The number of rotatable bonds is 4. The topological polar surface area (TPSA) is 66.8 Å². The molecular weight excluding hydrogens is 232 g/mol. The molecule has 0 aliphatic rings. The van der Waals surface area contributed by atoms with Crippen LogP contribution in [0, 0.1) is 6.92 Å². The number of benzene rings is 1. The summed E-state index contributed by atoms with van der Waals surface area (Å²) in [5.41, 5.74) is 2.02. The highest BCUT2D eigenvalue weighted by atomic mass is 16.5. The highest BCUT2D eigenvalue weighted by Gasteiger charge is 2.20. The third kappa shape index (κ3) is 2.83. The molecule has 0 aliphatic carbocycles. The number of carboxylic acids is 1. The summed E-state index contributed by atoms with van der Waals surface area (Å²) in [6, 6.07) is 1.64. The van der Waals surface area contributed by atoms with E-state index in [1.54, 1.807) is 13.0 Å². The van der Waals surface area contributed by atoms with Crippen LogP contribution < -0.4 is 4.74 Å². The molecule has 4 nitrogen and oxygen atoms in total. The summed E-state index contributed by atoms with van der Waals surface area (Å²) in [6.07, 6.45) is 2.36. The van der Waals surface area contributed by atoms with Crippen LogP contribution in [-0.4, -0.2) is 23.3 Å². The maximum absolute atomic E-state index is 11.1. The molecule has 18 heavy (non-hydrogen) atoms. The zero-order chi connectivity index (χ0) is 13.9. The van der Waals surface area contributed by atoms with Gasteiger partial charge in [-0.25, -0.2) is 4.79 Å². The summed E-state index contributed by atoms with van der Waals surface area (Å²) in [5.74, 6) is -0.838. The Balaban J connectivity index is 3.42. The molecule has 1 rings (SSSR count). The predicted molar refractivity (Wildman–Crippen MR) is 69.5 cm³/mol. The number of hydrogen-bond acceptors (Lipinski definition) is 3. The van der Waals surface area contributed by atoms with Gasteiger partial charge in [-0.3, -0.25) is 0 Å². The lowest BCUT2D eigenvalue weighted by Crippen LogP contribution is -2.04. The van der Waals surface area contributed by atoms with Crippen molar-refractivity contribution in [3.05, 3.63) is 34.4 Å². The average molecular weight is 250 g/mol. The summed E-state index contributed by atoms with van der Waals surface area (Å²) < 4.78 is 5.19. The molecule has 0 aromatic heterocycles. The zero-order valence-electron chi connectivity index (χ0n) is 11.1. The third-order valence-corrected chi connectivity index (χ3v) is 2.71. The number of hydrogen-bond donors (Lipinski definition) is 2. The second-order valence-corrected chi connectivity index (χ2v) is 4.39. The Morgan fingerprint density at radius 3 is 2.50 bits per heavy atom. The molecule has 0 radical (unpaired) electrons. The molecule has 0 heterocycles. The van der Waals surface area contributed by atoms with E-state index in [2.05, 4.69) is 0 Å². The van der Waals surface area contributed by atoms with E-state index in [1.165, 1.54) is 7.11 Å². The lowest BCUT2D eigenvalue weighted by Gasteiger charge is -2.13. The number of aromatic carboxylic acids is 1. The van der Waals surface area contributed by atoms with Gasteiger partial charge in [0.15, 0.2) is 0 Å². The minimum atomic E-state index is -1.13. The van der Waals surface area contributed by atoms with Crippen molar-refractivity contribution in [1.29, 1.82) is 0 Å². The van der Waals surface area contributed by atoms with Gasteiger partial charge in [-0.2, -0.15) is 0 Å². The van der Waals surface area contributed by atoms with Gasteiger partial charge >= 0.3 is 5.97 Å². The molecule has 1 aromatic carbocycles. The van der Waals surface area contributed by atoms with Crippen LogP contribution in [0.2, 0.25) is 0 Å². The van der Waals surface area contributed by atoms with Gasteiger partial charge in [0.05, 0.1) is 7.11 Å². The van der Waals surface area contributed by atoms with Crippen LogP contribution in [0.4, 0.5) is 0 Å². The fourth-order valence-electron chi connectivity index (χ4n) is 1.77. The maximum Gasteiger partial charge on any atom is 0.339 e. The number of aromatic hydroxyl groups is 1. The van der Waals surface area contributed by atoms with Crippen molar-refractivity contribution < 1.29 is 19.7 Å². The molecule has 98 valence electrons. The Kier molecular flexibility index (Phi) is 4.37. The van der Waals surface area contributed by atoms with Gasteiger partial charge in [0, 0.05) is 5.56 Å². The average Bonchev–Trinajstić information content (AvgIpc) is 2.26. The number of aryl methyl sites for hydroxylation is 1. The highest BCUT2D eigenvalue weighted by molar-refractivity contribution is 5.93.